The van der Waals surface area contributed by atoms with Crippen LogP contribution in [0.1, 0.15) is 22.3 Å². The van der Waals surface area contributed by atoms with Crippen LogP contribution in [0.25, 0.3) is 0 Å². The van der Waals surface area contributed by atoms with E-state index in [1.807, 2.05) is 78.9 Å². The highest BCUT2D eigenvalue weighted by Crippen LogP contribution is 2.49. The Kier molecular flexibility index (Phi) is 5.37. The number of H-pyrrole nitrogens is 1. The monoisotopic (exact) mass is 424 g/mol. The van der Waals surface area contributed by atoms with Crippen molar-refractivity contribution in [2.45, 2.75) is 11.2 Å². The molecule has 2 unspecified atom stereocenters. The molecule has 1 aliphatic heterocycles. The highest BCUT2D eigenvalue weighted by Gasteiger charge is 2.43. The second-order valence-corrected chi connectivity index (χ2v) is 8.29. The van der Waals surface area contributed by atoms with Crippen LogP contribution in [0.3, 0.4) is 0 Å². The van der Waals surface area contributed by atoms with Crippen LogP contribution < -0.4 is 4.90 Å². The molecule has 1 amide bonds. The van der Waals surface area contributed by atoms with Gasteiger partial charge in [-0.25, -0.2) is 4.99 Å². The Morgan fingerprint density at radius 2 is 1.42 bits per heavy atom. The molecule has 0 aliphatic carbocycles. The number of nitrogens with zero attached hydrogens (tertiary/aromatic N) is 3. The zero-order valence-electron chi connectivity index (χ0n) is 16.6. The Balaban J connectivity index is 1.67. The number of thioether (sulfide) groups is 1. The van der Waals surface area contributed by atoms with Crippen LogP contribution in [-0.4, -0.2) is 21.3 Å². The lowest BCUT2D eigenvalue weighted by molar-refractivity contribution is -0.119. The van der Waals surface area contributed by atoms with E-state index >= 15 is 0 Å². The van der Waals surface area contributed by atoms with Crippen molar-refractivity contribution in [2.75, 3.05) is 4.90 Å². The van der Waals surface area contributed by atoms with Crippen LogP contribution >= 0.6 is 11.8 Å². The number of amides is 1. The fourth-order valence-electron chi connectivity index (χ4n) is 3.78. The number of nitrogens with one attached hydrogen (secondary N) is 1. The molecule has 2 atom stereocenters. The second-order valence-electron chi connectivity index (χ2n) is 7.18. The van der Waals surface area contributed by atoms with E-state index in [9.17, 15) is 4.79 Å². The van der Waals surface area contributed by atoms with Gasteiger partial charge < -0.3 is 0 Å². The highest BCUT2D eigenvalue weighted by atomic mass is 32.2. The van der Waals surface area contributed by atoms with Crippen molar-refractivity contribution in [1.82, 2.24) is 10.2 Å². The molecule has 3 aromatic carbocycles. The van der Waals surface area contributed by atoms with Crippen LogP contribution in [0, 0.1) is 0 Å². The third kappa shape index (κ3) is 3.90. The largest absolute Gasteiger partial charge is 0.273 e. The molecule has 1 aliphatic rings. The van der Waals surface area contributed by atoms with Crippen LogP contribution in [0.5, 0.6) is 0 Å². The Morgan fingerprint density at radius 1 is 0.806 bits per heavy atom. The van der Waals surface area contributed by atoms with Gasteiger partial charge in [0.2, 0.25) is 5.91 Å². The maximum absolute atomic E-state index is 14.1. The van der Waals surface area contributed by atoms with E-state index in [1.165, 1.54) is 0 Å². The van der Waals surface area contributed by atoms with Crippen LogP contribution in [-0.2, 0) is 4.79 Å². The molecular weight excluding hydrogens is 404 g/mol. The lowest BCUT2D eigenvalue weighted by Gasteiger charge is -2.38. The minimum absolute atomic E-state index is 0.00303. The van der Waals surface area contributed by atoms with Crippen molar-refractivity contribution in [3.05, 3.63) is 114 Å². The number of aromatic amines is 1. The van der Waals surface area contributed by atoms with Crippen LogP contribution in [0.2, 0.25) is 0 Å². The van der Waals surface area contributed by atoms with Crippen molar-refractivity contribution in [1.29, 1.82) is 0 Å². The first-order chi connectivity index (χ1) is 15.3. The Labute approximate surface area is 184 Å². The Morgan fingerprint density at radius 3 is 2.03 bits per heavy atom. The molecule has 5 nitrogen and oxygen atoms in total. The zero-order chi connectivity index (χ0) is 21.0. The van der Waals surface area contributed by atoms with E-state index in [2.05, 4.69) is 22.3 Å². The minimum atomic E-state index is -0.338. The van der Waals surface area contributed by atoms with Crippen molar-refractivity contribution in [2.24, 2.45) is 4.99 Å². The molecule has 0 radical (unpaired) electrons. The van der Waals surface area contributed by atoms with Gasteiger partial charge in [0, 0.05) is 6.07 Å². The van der Waals surface area contributed by atoms with Crippen LogP contribution in [0.4, 0.5) is 11.5 Å². The molecule has 1 saturated heterocycles. The number of amidine groups is 1. The molecule has 5 rings (SSSR count). The summed E-state index contributed by atoms with van der Waals surface area (Å²) in [4.78, 5) is 20.5. The maximum Gasteiger partial charge on any atom is 0.242 e. The highest BCUT2D eigenvalue weighted by molar-refractivity contribution is 8.14. The van der Waals surface area contributed by atoms with Crippen LogP contribution in [0.15, 0.2) is 108 Å². The fraction of sp³-hybridized carbons (Fsp3) is 0.0800. The van der Waals surface area contributed by atoms with Gasteiger partial charge in [-0.1, -0.05) is 90.6 Å². The first-order valence-corrected chi connectivity index (χ1v) is 10.9. The first kappa shape index (κ1) is 19.3. The predicted molar refractivity (Wildman–Crippen MR) is 126 cm³/mol. The summed E-state index contributed by atoms with van der Waals surface area (Å²) in [5.41, 5.74) is 2.89. The van der Waals surface area contributed by atoms with Gasteiger partial charge in [0.1, 0.15) is 0 Å². The summed E-state index contributed by atoms with van der Waals surface area (Å²) >= 11 is 1.60. The summed E-state index contributed by atoms with van der Waals surface area (Å²) in [7, 11) is 0. The number of rotatable bonds is 4. The van der Waals surface area contributed by atoms with Crippen molar-refractivity contribution < 1.29 is 4.79 Å². The number of anilines is 1. The third-order valence-electron chi connectivity index (χ3n) is 5.22. The molecule has 1 aromatic heterocycles. The lowest BCUT2D eigenvalue weighted by Crippen LogP contribution is -2.45. The molecule has 2 heterocycles. The summed E-state index contributed by atoms with van der Waals surface area (Å²) in [5.74, 6) is 0.277. The molecule has 1 N–H and O–H groups in total. The molecule has 0 bridgehead atoms. The topological polar surface area (TPSA) is 61.4 Å². The summed E-state index contributed by atoms with van der Waals surface area (Å²) in [6.07, 6.45) is 1.66. The number of aliphatic imine (C=N–C) groups is 1. The van der Waals surface area contributed by atoms with Gasteiger partial charge in [-0.05, 0) is 23.3 Å². The number of carbonyl (C=O) groups is 1. The van der Waals surface area contributed by atoms with Gasteiger partial charge in [-0.15, -0.1) is 0 Å². The molecule has 6 heteroatoms. The minimum Gasteiger partial charge on any atom is -0.273 e. The number of para-hydroxylation sites is 1. The standard InChI is InChI=1S/C25H20N4OS/c30-24-22(18-10-4-1-5-11-18)23(19-12-6-2-7-13-19)31-25(27-21-16-17-26-28-21)29(24)20-14-8-3-9-15-20/h1-17,22-23H,(H,26,28). The van der Waals surface area contributed by atoms with Crippen molar-refractivity contribution in [3.8, 4) is 0 Å². The molecule has 152 valence electrons. The van der Waals surface area contributed by atoms with Gasteiger partial charge >= 0.3 is 0 Å². The van der Waals surface area contributed by atoms with E-state index in [0.29, 0.717) is 11.0 Å². The number of hydrogen-bond donors (Lipinski definition) is 1. The molecule has 0 spiro atoms. The maximum atomic E-state index is 14.1. The Bertz CT molecular complexity index is 1180. The summed E-state index contributed by atoms with van der Waals surface area (Å²) < 4.78 is 0. The van der Waals surface area contributed by atoms with Gasteiger partial charge in [0.05, 0.1) is 23.1 Å². The molecule has 31 heavy (non-hydrogen) atoms. The number of benzene rings is 3. The van der Waals surface area contributed by atoms with E-state index in [4.69, 9.17) is 4.99 Å². The first-order valence-electron chi connectivity index (χ1n) is 10.0. The average Bonchev–Trinajstić information content (AvgIpc) is 3.34. The Hall–Kier alpha value is -3.64. The van der Waals surface area contributed by atoms with Gasteiger partial charge in [0.25, 0.3) is 0 Å². The van der Waals surface area contributed by atoms with E-state index in [0.717, 1.165) is 16.8 Å². The molecular formula is C25H20N4OS. The zero-order valence-corrected chi connectivity index (χ0v) is 17.4. The molecule has 4 aromatic rings. The fourth-order valence-corrected chi connectivity index (χ4v) is 5.16. The second kappa shape index (κ2) is 8.62. The molecule has 0 saturated carbocycles. The third-order valence-corrected chi connectivity index (χ3v) is 6.50. The predicted octanol–water partition coefficient (Wildman–Crippen LogP) is 5.70. The number of aromatic nitrogens is 2. The van der Waals surface area contributed by atoms with Gasteiger partial charge in [-0.2, -0.15) is 5.10 Å². The number of carbonyl (C=O) groups excluding carboxylic acids is 1. The SMILES string of the molecule is O=C1C(c2ccccc2)C(c2ccccc2)SC(=Nc2ccn[nH]2)N1c1ccccc1. The van der Waals surface area contributed by atoms with E-state index in [1.54, 1.807) is 28.9 Å². The average molecular weight is 425 g/mol. The molecule has 1 fully saturated rings. The van der Waals surface area contributed by atoms with E-state index < -0.39 is 0 Å². The summed E-state index contributed by atoms with van der Waals surface area (Å²) in [5, 5.41) is 7.41. The summed E-state index contributed by atoms with van der Waals surface area (Å²) in [6, 6.07) is 31.6. The van der Waals surface area contributed by atoms with Gasteiger partial charge in [0.15, 0.2) is 11.0 Å². The van der Waals surface area contributed by atoms with E-state index in [-0.39, 0.29) is 17.1 Å². The lowest BCUT2D eigenvalue weighted by atomic mass is 9.89. The summed E-state index contributed by atoms with van der Waals surface area (Å²) in [6.45, 7) is 0. The smallest absolute Gasteiger partial charge is 0.242 e. The normalized spacial score (nSPS) is 20.2. The quantitative estimate of drug-likeness (QED) is 0.457. The van der Waals surface area contributed by atoms with Crippen molar-refractivity contribution in [3.63, 3.8) is 0 Å². The number of hydrogen-bond acceptors (Lipinski definition) is 4. The van der Waals surface area contributed by atoms with Crippen molar-refractivity contribution >= 4 is 34.3 Å². The van der Waals surface area contributed by atoms with Gasteiger partial charge in [-0.3, -0.25) is 14.8 Å².